The monoisotopic (exact) mass is 624 g/mol. The van der Waals surface area contributed by atoms with Crippen LogP contribution in [0.5, 0.6) is 28.7 Å². The van der Waals surface area contributed by atoms with E-state index < -0.39 is 16.5 Å². The van der Waals surface area contributed by atoms with Crippen molar-refractivity contribution in [1.29, 1.82) is 0 Å². The third-order valence-corrected chi connectivity index (χ3v) is 6.82. The molecule has 3 rings (SSSR count). The molecule has 1 N–H and O–H groups in total. The Morgan fingerprint density at radius 3 is 1.86 bits per heavy atom. The fourth-order valence-corrected chi connectivity index (χ4v) is 5.17. The molecule has 0 radical (unpaired) electrons. The van der Waals surface area contributed by atoms with Gasteiger partial charge in [-0.15, -0.1) is 0 Å². The molecule has 0 bridgehead atoms. The Kier molecular flexibility index (Phi) is 9.32. The molecule has 2 aromatic carbocycles. The molecule has 0 amide bonds. The molecule has 1 aliphatic heterocycles. The van der Waals surface area contributed by atoms with Gasteiger partial charge in [-0.05, 0) is 77.7 Å². The van der Waals surface area contributed by atoms with Crippen LogP contribution < -0.4 is 23.7 Å². The average Bonchev–Trinajstić information content (AvgIpc) is 3.31. The van der Waals surface area contributed by atoms with Gasteiger partial charge in [0.2, 0.25) is 5.75 Å². The summed E-state index contributed by atoms with van der Waals surface area (Å²) in [4.78, 5) is 0. The van der Waals surface area contributed by atoms with Crippen molar-refractivity contribution in [2.45, 2.75) is 38.1 Å². The summed E-state index contributed by atoms with van der Waals surface area (Å²) < 4.78 is 69.8. The van der Waals surface area contributed by atoms with Crippen molar-refractivity contribution in [2.24, 2.45) is 0 Å². The summed E-state index contributed by atoms with van der Waals surface area (Å²) in [6, 6.07) is 7.57. The van der Waals surface area contributed by atoms with Gasteiger partial charge >= 0.3 is 10.4 Å². The van der Waals surface area contributed by atoms with Gasteiger partial charge in [0.15, 0.2) is 23.0 Å². The van der Waals surface area contributed by atoms with E-state index in [9.17, 15) is 8.42 Å². The predicted molar refractivity (Wildman–Crippen MR) is 135 cm³/mol. The number of hydrogen-bond acceptors (Lipinski definition) is 9. The summed E-state index contributed by atoms with van der Waals surface area (Å²) in [6.45, 7) is 1.37. The van der Waals surface area contributed by atoms with E-state index in [1.165, 1.54) is 14.0 Å². The third kappa shape index (κ3) is 6.82. The molecule has 1 heterocycles. The standard InChI is InChI=1S/C23H29IO10S/c1-13(34-35(25,26)27)12-32-22-16(24)8-14(9-19(22)28-2)17-6-7-18(33-17)15-10-20(29-3)23(31-5)21(11-15)30-4/h8-11,13,17-18H,6-7,12H2,1-5H3,(H,25,26,27)/t13?,17-,18-/m0/s1. The number of halogens is 1. The summed E-state index contributed by atoms with van der Waals surface area (Å²) in [5.74, 6) is 2.59. The van der Waals surface area contributed by atoms with E-state index in [-0.39, 0.29) is 18.8 Å². The van der Waals surface area contributed by atoms with E-state index in [1.54, 1.807) is 21.3 Å². The molecule has 2 aromatic rings. The van der Waals surface area contributed by atoms with Crippen molar-refractivity contribution >= 4 is 33.0 Å². The third-order valence-electron chi connectivity index (χ3n) is 5.45. The first kappa shape index (κ1) is 27.6. The second-order valence-corrected chi connectivity index (χ2v) is 10.0. The van der Waals surface area contributed by atoms with Gasteiger partial charge in [0.25, 0.3) is 0 Å². The molecule has 1 unspecified atom stereocenters. The number of methoxy groups -OCH3 is 4. The normalized spacial score (nSPS) is 18.7. The molecule has 3 atom stereocenters. The van der Waals surface area contributed by atoms with E-state index in [4.69, 9.17) is 33.0 Å². The zero-order valence-corrected chi connectivity index (χ0v) is 23.0. The van der Waals surface area contributed by atoms with Gasteiger partial charge in [-0.25, -0.2) is 4.18 Å². The van der Waals surface area contributed by atoms with E-state index in [2.05, 4.69) is 26.8 Å². The molecular weight excluding hydrogens is 595 g/mol. The predicted octanol–water partition coefficient (Wildman–Crippen LogP) is 4.51. The minimum atomic E-state index is -4.56. The summed E-state index contributed by atoms with van der Waals surface area (Å²) >= 11 is 2.12. The highest BCUT2D eigenvalue weighted by molar-refractivity contribution is 14.1. The number of ether oxygens (including phenoxy) is 6. The Labute approximate surface area is 218 Å². The Hall–Kier alpha value is -2.00. The molecule has 0 aromatic heterocycles. The summed E-state index contributed by atoms with van der Waals surface area (Å²) in [5.41, 5.74) is 1.85. The zero-order valence-electron chi connectivity index (χ0n) is 20.1. The SMILES string of the molecule is COc1cc([C@@H]2CC[C@@H](c3cc(OC)c(OC)c(OC)c3)O2)cc(I)c1OCC(C)OS(=O)(=O)O. The molecular formula is C23H29IO10S. The number of hydrogen-bond donors (Lipinski definition) is 1. The van der Waals surface area contributed by atoms with Crippen molar-refractivity contribution < 1.29 is 45.6 Å². The van der Waals surface area contributed by atoms with Gasteiger partial charge in [-0.3, -0.25) is 4.55 Å². The Balaban J connectivity index is 1.78. The zero-order chi connectivity index (χ0) is 25.8. The van der Waals surface area contributed by atoms with Crippen LogP contribution in [0.2, 0.25) is 0 Å². The molecule has 0 spiro atoms. The van der Waals surface area contributed by atoms with E-state index in [0.29, 0.717) is 28.7 Å². The lowest BCUT2D eigenvalue weighted by atomic mass is 10.0. The highest BCUT2D eigenvalue weighted by Gasteiger charge is 2.31. The van der Waals surface area contributed by atoms with Crippen molar-refractivity contribution in [3.05, 3.63) is 39.0 Å². The lowest BCUT2D eigenvalue weighted by Crippen LogP contribution is -2.22. The topological polar surface area (TPSA) is 119 Å². The summed E-state index contributed by atoms with van der Waals surface area (Å²) in [7, 11) is 1.67. The van der Waals surface area contributed by atoms with Crippen LogP contribution in [-0.4, -0.2) is 54.1 Å². The van der Waals surface area contributed by atoms with Crippen LogP contribution in [0.25, 0.3) is 0 Å². The van der Waals surface area contributed by atoms with Crippen molar-refractivity contribution in [3.8, 4) is 28.7 Å². The van der Waals surface area contributed by atoms with Crippen molar-refractivity contribution in [1.82, 2.24) is 0 Å². The molecule has 1 saturated heterocycles. The van der Waals surface area contributed by atoms with Crippen LogP contribution in [0.3, 0.4) is 0 Å². The fourth-order valence-electron chi connectivity index (χ4n) is 3.92. The minimum Gasteiger partial charge on any atom is -0.493 e. The van der Waals surface area contributed by atoms with Gasteiger partial charge in [-0.1, -0.05) is 0 Å². The van der Waals surface area contributed by atoms with Gasteiger partial charge in [0, 0.05) is 0 Å². The Morgan fingerprint density at radius 2 is 1.40 bits per heavy atom. The van der Waals surface area contributed by atoms with Gasteiger partial charge < -0.3 is 28.4 Å². The highest BCUT2D eigenvalue weighted by Crippen LogP contribution is 2.47. The molecule has 35 heavy (non-hydrogen) atoms. The van der Waals surface area contributed by atoms with Crippen LogP contribution in [0, 0.1) is 3.57 Å². The molecule has 0 saturated carbocycles. The van der Waals surface area contributed by atoms with E-state index in [1.807, 2.05) is 24.3 Å². The minimum absolute atomic E-state index is 0.103. The number of rotatable bonds is 11. The average molecular weight is 624 g/mol. The maximum absolute atomic E-state index is 10.9. The lowest BCUT2D eigenvalue weighted by Gasteiger charge is -2.20. The number of benzene rings is 2. The van der Waals surface area contributed by atoms with Crippen LogP contribution in [0.1, 0.15) is 43.1 Å². The largest absolute Gasteiger partial charge is 0.493 e. The first-order chi connectivity index (χ1) is 16.6. The molecule has 10 nitrogen and oxygen atoms in total. The van der Waals surface area contributed by atoms with Crippen LogP contribution in [0.15, 0.2) is 24.3 Å². The maximum atomic E-state index is 10.9. The van der Waals surface area contributed by atoms with E-state index in [0.717, 1.165) is 27.5 Å². The van der Waals surface area contributed by atoms with Gasteiger partial charge in [-0.2, -0.15) is 8.42 Å². The highest BCUT2D eigenvalue weighted by atomic mass is 127. The van der Waals surface area contributed by atoms with Gasteiger partial charge in [0.05, 0.1) is 44.2 Å². The Bertz CT molecular complexity index is 1110. The van der Waals surface area contributed by atoms with E-state index >= 15 is 0 Å². The molecule has 12 heteroatoms. The smallest absolute Gasteiger partial charge is 0.397 e. The van der Waals surface area contributed by atoms with Crippen molar-refractivity contribution in [2.75, 3.05) is 35.0 Å². The maximum Gasteiger partial charge on any atom is 0.397 e. The van der Waals surface area contributed by atoms with Crippen LogP contribution >= 0.6 is 22.6 Å². The quantitative estimate of drug-likeness (QED) is 0.283. The van der Waals surface area contributed by atoms with Crippen molar-refractivity contribution in [3.63, 3.8) is 0 Å². The Morgan fingerprint density at radius 1 is 0.914 bits per heavy atom. The second kappa shape index (κ2) is 11.8. The lowest BCUT2D eigenvalue weighted by molar-refractivity contribution is 0.0436. The molecule has 194 valence electrons. The summed E-state index contributed by atoms with van der Waals surface area (Å²) in [6.07, 6.45) is 0.372. The van der Waals surface area contributed by atoms with Crippen LogP contribution in [0.4, 0.5) is 0 Å². The first-order valence-corrected chi connectivity index (χ1v) is 13.2. The van der Waals surface area contributed by atoms with Crippen LogP contribution in [-0.2, 0) is 19.3 Å². The molecule has 0 aliphatic carbocycles. The second-order valence-electron chi connectivity index (χ2n) is 7.83. The fraction of sp³-hybridized carbons (Fsp3) is 0.478. The molecule has 1 fully saturated rings. The van der Waals surface area contributed by atoms with Gasteiger partial charge in [0.1, 0.15) is 12.7 Å². The molecule has 1 aliphatic rings. The summed E-state index contributed by atoms with van der Waals surface area (Å²) in [5, 5.41) is 0. The first-order valence-electron chi connectivity index (χ1n) is 10.7.